The van der Waals surface area contributed by atoms with Crippen molar-refractivity contribution in [1.29, 1.82) is 0 Å². The number of rotatable bonds is 5. The van der Waals surface area contributed by atoms with Gasteiger partial charge < -0.3 is 5.32 Å². The third kappa shape index (κ3) is 3.61. The van der Waals surface area contributed by atoms with E-state index in [1.165, 1.54) is 23.5 Å². The van der Waals surface area contributed by atoms with Crippen molar-refractivity contribution in [3.05, 3.63) is 45.4 Å². The van der Waals surface area contributed by atoms with Crippen LogP contribution in [0.1, 0.15) is 15.3 Å². The topological polar surface area (TPSA) is 58.2 Å². The Hall–Kier alpha value is -1.44. The molecule has 7 heteroatoms. The molecule has 114 valence electrons. The van der Waals surface area contributed by atoms with E-state index in [0.29, 0.717) is 17.0 Å². The molecule has 0 aliphatic carbocycles. The Kier molecular flexibility index (Phi) is 4.65. The molecule has 0 spiro atoms. The van der Waals surface area contributed by atoms with E-state index >= 15 is 0 Å². The maximum absolute atomic E-state index is 13.3. The van der Waals surface area contributed by atoms with E-state index in [0.717, 1.165) is 4.88 Å². The number of hydrogen-bond acceptors (Lipinski definition) is 4. The van der Waals surface area contributed by atoms with Crippen molar-refractivity contribution < 1.29 is 12.8 Å². The molecule has 4 nitrogen and oxygen atoms in total. The summed E-state index contributed by atoms with van der Waals surface area (Å²) in [5, 5.41) is 2.99. The highest BCUT2D eigenvalue weighted by Crippen LogP contribution is 2.28. The van der Waals surface area contributed by atoms with E-state index < -0.39 is 15.8 Å². The first-order valence-electron chi connectivity index (χ1n) is 6.36. The zero-order valence-corrected chi connectivity index (χ0v) is 13.7. The Labute approximate surface area is 128 Å². The number of benzene rings is 1. The van der Waals surface area contributed by atoms with Crippen LogP contribution in [-0.2, 0) is 16.6 Å². The predicted octanol–water partition coefficient (Wildman–Crippen LogP) is 3.02. The maximum Gasteiger partial charge on any atom is 0.263 e. The van der Waals surface area contributed by atoms with Gasteiger partial charge in [-0.15, -0.1) is 11.3 Å². The van der Waals surface area contributed by atoms with Crippen LogP contribution in [0.4, 0.5) is 10.1 Å². The second-order valence-electron chi connectivity index (χ2n) is 4.73. The van der Waals surface area contributed by atoms with Crippen LogP contribution < -0.4 is 10.0 Å². The van der Waals surface area contributed by atoms with Gasteiger partial charge in [0.15, 0.2) is 0 Å². The maximum atomic E-state index is 13.3. The smallest absolute Gasteiger partial charge is 0.263 e. The minimum absolute atomic E-state index is 0.237. The molecular formula is C14H17FN2O2S2. The average Bonchev–Trinajstić information content (AvgIpc) is 2.76. The first kappa shape index (κ1) is 15.9. The van der Waals surface area contributed by atoms with Crippen molar-refractivity contribution in [3.63, 3.8) is 0 Å². The van der Waals surface area contributed by atoms with Crippen LogP contribution in [0.5, 0.6) is 0 Å². The van der Waals surface area contributed by atoms with Crippen molar-refractivity contribution in [2.75, 3.05) is 11.8 Å². The van der Waals surface area contributed by atoms with E-state index in [-0.39, 0.29) is 10.6 Å². The molecule has 0 bridgehead atoms. The first-order valence-corrected chi connectivity index (χ1v) is 8.66. The second kappa shape index (κ2) is 6.13. The van der Waals surface area contributed by atoms with Crippen LogP contribution in [-0.4, -0.2) is 15.5 Å². The summed E-state index contributed by atoms with van der Waals surface area (Å²) in [6.07, 6.45) is 0. The molecule has 1 aromatic carbocycles. The van der Waals surface area contributed by atoms with Gasteiger partial charge in [0.05, 0.1) is 5.69 Å². The van der Waals surface area contributed by atoms with Crippen LogP contribution in [0, 0.1) is 19.7 Å². The summed E-state index contributed by atoms with van der Waals surface area (Å²) in [5.74, 6) is -0.476. The summed E-state index contributed by atoms with van der Waals surface area (Å²) in [5.41, 5.74) is 0.930. The quantitative estimate of drug-likeness (QED) is 0.887. The summed E-state index contributed by atoms with van der Waals surface area (Å²) < 4.78 is 40.6. The number of thiophene rings is 1. The third-order valence-corrected chi connectivity index (χ3v) is 5.68. The standard InChI is InChI=1S/C14H17FN2O2S2/c1-9-4-5-11(15)6-13(9)17-21(18,19)14-7-12(8-16-3)20-10(14)2/h4-7,16-17H,8H2,1-3H3. The molecule has 0 fully saturated rings. The molecule has 0 unspecified atom stereocenters. The lowest BCUT2D eigenvalue weighted by atomic mass is 10.2. The number of sulfonamides is 1. The van der Waals surface area contributed by atoms with Crippen LogP contribution in [0.2, 0.25) is 0 Å². The predicted molar refractivity (Wildman–Crippen MR) is 83.8 cm³/mol. The summed E-state index contributed by atoms with van der Waals surface area (Å²) >= 11 is 1.43. The Morgan fingerprint density at radius 2 is 1.95 bits per heavy atom. The second-order valence-corrected chi connectivity index (χ2v) is 7.72. The van der Waals surface area contributed by atoms with E-state index in [1.54, 1.807) is 33.0 Å². The Balaban J connectivity index is 2.36. The van der Waals surface area contributed by atoms with Crippen LogP contribution in [0.3, 0.4) is 0 Å². The fourth-order valence-corrected chi connectivity index (χ4v) is 4.73. The molecule has 0 amide bonds. The molecule has 1 heterocycles. The highest BCUT2D eigenvalue weighted by Gasteiger charge is 2.20. The average molecular weight is 328 g/mol. The molecule has 0 saturated carbocycles. The number of aryl methyl sites for hydroxylation is 2. The van der Waals surface area contributed by atoms with E-state index in [2.05, 4.69) is 10.0 Å². The lowest BCUT2D eigenvalue weighted by Gasteiger charge is -2.10. The SMILES string of the molecule is CNCc1cc(S(=O)(=O)Nc2cc(F)ccc2C)c(C)s1. The summed E-state index contributed by atoms with van der Waals surface area (Å²) in [6, 6.07) is 5.67. The van der Waals surface area contributed by atoms with Crippen molar-refractivity contribution >= 4 is 27.0 Å². The molecule has 1 aromatic heterocycles. The van der Waals surface area contributed by atoms with Gasteiger partial charge in [0.1, 0.15) is 10.7 Å². The zero-order valence-electron chi connectivity index (χ0n) is 12.0. The summed E-state index contributed by atoms with van der Waals surface area (Å²) in [7, 11) is -1.91. The molecule has 0 aliphatic rings. The largest absolute Gasteiger partial charge is 0.315 e. The van der Waals surface area contributed by atoms with Gasteiger partial charge in [0, 0.05) is 16.3 Å². The van der Waals surface area contributed by atoms with Crippen LogP contribution in [0.15, 0.2) is 29.2 Å². The number of anilines is 1. The van der Waals surface area contributed by atoms with Crippen molar-refractivity contribution in [2.45, 2.75) is 25.3 Å². The molecule has 0 saturated heterocycles. The molecule has 21 heavy (non-hydrogen) atoms. The van der Waals surface area contributed by atoms with Gasteiger partial charge in [0.2, 0.25) is 0 Å². The summed E-state index contributed by atoms with van der Waals surface area (Å²) in [4.78, 5) is 1.88. The fourth-order valence-electron chi connectivity index (χ4n) is 1.96. The van der Waals surface area contributed by atoms with Gasteiger partial charge in [0.25, 0.3) is 10.0 Å². The molecule has 0 atom stereocenters. The molecule has 0 aliphatic heterocycles. The van der Waals surface area contributed by atoms with E-state index in [4.69, 9.17) is 0 Å². The molecule has 2 aromatic rings. The lowest BCUT2D eigenvalue weighted by molar-refractivity contribution is 0.600. The van der Waals surface area contributed by atoms with Gasteiger partial charge in [-0.3, -0.25) is 4.72 Å². The Morgan fingerprint density at radius 1 is 1.24 bits per heavy atom. The van der Waals surface area contributed by atoms with E-state index in [9.17, 15) is 12.8 Å². The van der Waals surface area contributed by atoms with Gasteiger partial charge in [-0.25, -0.2) is 12.8 Å². The highest BCUT2D eigenvalue weighted by molar-refractivity contribution is 7.93. The van der Waals surface area contributed by atoms with Crippen molar-refractivity contribution in [1.82, 2.24) is 5.32 Å². The number of hydrogen-bond donors (Lipinski definition) is 2. The molecule has 2 N–H and O–H groups in total. The van der Waals surface area contributed by atoms with Crippen molar-refractivity contribution in [2.24, 2.45) is 0 Å². The minimum Gasteiger partial charge on any atom is -0.315 e. The zero-order chi connectivity index (χ0) is 15.6. The molecule has 0 radical (unpaired) electrons. The van der Waals surface area contributed by atoms with Crippen LogP contribution >= 0.6 is 11.3 Å². The van der Waals surface area contributed by atoms with Crippen LogP contribution in [0.25, 0.3) is 0 Å². The monoisotopic (exact) mass is 328 g/mol. The molecule has 2 rings (SSSR count). The number of nitrogens with one attached hydrogen (secondary N) is 2. The summed E-state index contributed by atoms with van der Waals surface area (Å²) in [6.45, 7) is 4.10. The minimum atomic E-state index is -3.71. The number of halogens is 1. The normalized spacial score (nSPS) is 11.6. The van der Waals surface area contributed by atoms with Gasteiger partial charge >= 0.3 is 0 Å². The Bertz CT molecular complexity index is 754. The fraction of sp³-hybridized carbons (Fsp3) is 0.286. The Morgan fingerprint density at radius 3 is 2.62 bits per heavy atom. The van der Waals surface area contributed by atoms with Crippen molar-refractivity contribution in [3.8, 4) is 0 Å². The highest BCUT2D eigenvalue weighted by atomic mass is 32.2. The van der Waals surface area contributed by atoms with E-state index in [1.807, 2.05) is 0 Å². The lowest BCUT2D eigenvalue weighted by Crippen LogP contribution is -2.14. The van der Waals surface area contributed by atoms with Gasteiger partial charge in [-0.05, 0) is 44.7 Å². The third-order valence-electron chi connectivity index (χ3n) is 3.01. The first-order chi connectivity index (χ1) is 9.83. The van der Waals surface area contributed by atoms with Gasteiger partial charge in [-0.2, -0.15) is 0 Å². The van der Waals surface area contributed by atoms with Gasteiger partial charge in [-0.1, -0.05) is 6.07 Å². The molecular weight excluding hydrogens is 311 g/mol.